The molecule has 2 aliphatic carbocycles. The van der Waals surface area contributed by atoms with E-state index in [1.807, 2.05) is 31.3 Å². The second-order valence-electron chi connectivity index (χ2n) is 11.6. The molecule has 10 heteroatoms. The van der Waals surface area contributed by atoms with Crippen molar-refractivity contribution < 1.29 is 27.5 Å². The van der Waals surface area contributed by atoms with Gasteiger partial charge in [-0.1, -0.05) is 31.2 Å². The molecule has 4 aromatic rings. The Balaban J connectivity index is 1.20. The molecule has 2 bridgehead atoms. The van der Waals surface area contributed by atoms with Gasteiger partial charge in [0.25, 0.3) is 15.9 Å². The maximum absolute atomic E-state index is 13.0. The number of methoxy groups -OCH3 is 1. The number of amides is 2. The first kappa shape index (κ1) is 28.8. The fraction of sp³-hybridized carbons (Fsp3) is 0.333. The average molecular weight is 602 g/mol. The van der Waals surface area contributed by atoms with E-state index >= 15 is 0 Å². The van der Waals surface area contributed by atoms with Crippen LogP contribution in [-0.4, -0.2) is 38.6 Å². The highest BCUT2D eigenvalue weighted by Crippen LogP contribution is 2.46. The molecule has 4 atom stereocenters. The second-order valence-corrected chi connectivity index (χ2v) is 13.3. The zero-order chi connectivity index (χ0) is 30.3. The lowest BCUT2D eigenvalue weighted by Gasteiger charge is -2.22. The van der Waals surface area contributed by atoms with Crippen molar-refractivity contribution in [2.24, 2.45) is 11.8 Å². The predicted molar refractivity (Wildman–Crippen MR) is 164 cm³/mol. The van der Waals surface area contributed by atoms with E-state index in [9.17, 15) is 18.0 Å². The van der Waals surface area contributed by atoms with E-state index in [0.717, 1.165) is 41.3 Å². The molecule has 1 heterocycles. The molecule has 0 aliphatic heterocycles. The first-order valence-electron chi connectivity index (χ1n) is 14.5. The van der Waals surface area contributed by atoms with Crippen LogP contribution in [-0.2, 0) is 14.8 Å². The monoisotopic (exact) mass is 601 g/mol. The number of aryl methyl sites for hydroxylation is 1. The number of benzene rings is 3. The van der Waals surface area contributed by atoms with Crippen LogP contribution in [0.25, 0.3) is 10.9 Å². The largest absolute Gasteiger partial charge is 0.496 e. The number of nitrogens with one attached hydrogen (secondary N) is 3. The fourth-order valence-electron chi connectivity index (χ4n) is 6.67. The number of ether oxygens (including phenoxy) is 2. The molecule has 0 radical (unpaired) electrons. The highest BCUT2D eigenvalue weighted by Gasteiger charge is 2.41. The van der Waals surface area contributed by atoms with Crippen molar-refractivity contribution in [3.05, 3.63) is 89.1 Å². The molecule has 2 saturated carbocycles. The van der Waals surface area contributed by atoms with Crippen LogP contribution < -0.4 is 14.8 Å². The predicted octanol–water partition coefficient (Wildman–Crippen LogP) is 6.49. The summed E-state index contributed by atoms with van der Waals surface area (Å²) in [6, 6.07) is 17.1. The Morgan fingerprint density at radius 3 is 2.53 bits per heavy atom. The minimum Gasteiger partial charge on any atom is -0.496 e. The first-order valence-corrected chi connectivity index (χ1v) is 16.0. The summed E-state index contributed by atoms with van der Waals surface area (Å²) in [4.78, 5) is 29.0. The Kier molecular flexibility index (Phi) is 7.64. The summed E-state index contributed by atoms with van der Waals surface area (Å²) in [5.74, 6) is 0.718. The summed E-state index contributed by atoms with van der Waals surface area (Å²) in [7, 11) is -2.54. The molecule has 0 spiro atoms. The highest BCUT2D eigenvalue weighted by molar-refractivity contribution is 7.90. The zero-order valence-corrected chi connectivity index (χ0v) is 25.2. The van der Waals surface area contributed by atoms with E-state index in [2.05, 4.69) is 15.0 Å². The van der Waals surface area contributed by atoms with Gasteiger partial charge in [-0.3, -0.25) is 10.1 Å². The summed E-state index contributed by atoms with van der Waals surface area (Å²) in [6.45, 7) is 3.69. The van der Waals surface area contributed by atoms with Crippen LogP contribution in [0.1, 0.15) is 65.6 Å². The van der Waals surface area contributed by atoms with Crippen LogP contribution in [0.2, 0.25) is 0 Å². The van der Waals surface area contributed by atoms with Crippen molar-refractivity contribution in [3.63, 3.8) is 0 Å². The maximum atomic E-state index is 13.0. The van der Waals surface area contributed by atoms with Gasteiger partial charge in [0.05, 0.1) is 12.0 Å². The van der Waals surface area contributed by atoms with E-state index in [1.165, 1.54) is 19.6 Å². The number of carbonyl (C=O) groups excluding carboxylic acids is 2. The average Bonchev–Trinajstić information content (AvgIpc) is 3.72. The van der Waals surface area contributed by atoms with Gasteiger partial charge in [0.2, 0.25) is 0 Å². The summed E-state index contributed by atoms with van der Waals surface area (Å²) >= 11 is 0. The minimum atomic E-state index is -4.05. The molecule has 6 rings (SSSR count). The molecule has 224 valence electrons. The molecule has 43 heavy (non-hydrogen) atoms. The number of hydrogen-bond acceptors (Lipinski definition) is 6. The third-order valence-corrected chi connectivity index (χ3v) is 10.4. The SMILES string of the molecule is COc1cc(C(=O)NS(=O)(=O)c2ccccc2C)ccc1C(C)c1c[nH]c2ccc(NC(=O)OC3CC4CCC3C4)cc12. The van der Waals surface area contributed by atoms with E-state index in [1.54, 1.807) is 43.3 Å². The number of aromatic amines is 1. The molecule has 1 aromatic heterocycles. The standard InChI is InChI=1S/C33H35N3O6S/c1-19-6-4-5-7-31(19)43(39,40)36-32(37)23-10-12-25(30(16-23)41-3)20(2)27-18-34-28-13-11-24(17-26(27)28)35-33(38)42-29-15-21-8-9-22(29)14-21/h4-7,10-13,16-18,20-22,29,34H,8-9,14-15H2,1-3H3,(H,35,38)(H,36,37). The molecular weight excluding hydrogens is 566 g/mol. The van der Waals surface area contributed by atoms with Gasteiger partial charge in [0.15, 0.2) is 0 Å². The third-order valence-electron chi connectivity index (χ3n) is 8.93. The topological polar surface area (TPSA) is 127 Å². The normalized spacial score (nSPS) is 20.1. The van der Waals surface area contributed by atoms with E-state index < -0.39 is 22.0 Å². The molecule has 2 fully saturated rings. The number of H-pyrrole nitrogens is 1. The lowest BCUT2D eigenvalue weighted by atomic mass is 9.91. The van der Waals surface area contributed by atoms with Gasteiger partial charge in [-0.05, 0) is 92.0 Å². The number of carbonyl (C=O) groups is 2. The van der Waals surface area contributed by atoms with E-state index in [0.29, 0.717) is 28.8 Å². The Morgan fingerprint density at radius 1 is 1.00 bits per heavy atom. The highest BCUT2D eigenvalue weighted by atomic mass is 32.2. The van der Waals surface area contributed by atoms with E-state index in [-0.39, 0.29) is 22.5 Å². The number of aromatic nitrogens is 1. The van der Waals surface area contributed by atoms with Gasteiger partial charge >= 0.3 is 6.09 Å². The number of rotatable bonds is 8. The molecule has 9 nitrogen and oxygen atoms in total. The Morgan fingerprint density at radius 2 is 1.81 bits per heavy atom. The van der Waals surface area contributed by atoms with Gasteiger partial charge in [-0.15, -0.1) is 0 Å². The van der Waals surface area contributed by atoms with Crippen LogP contribution in [0.5, 0.6) is 5.75 Å². The number of anilines is 1. The molecule has 0 saturated heterocycles. The van der Waals surface area contributed by atoms with Crippen molar-refractivity contribution in [3.8, 4) is 5.75 Å². The second kappa shape index (κ2) is 11.4. The lowest BCUT2D eigenvalue weighted by Crippen LogP contribution is -2.31. The third kappa shape index (κ3) is 5.71. The number of fused-ring (bicyclic) bond motifs is 3. The van der Waals surface area contributed by atoms with Crippen LogP contribution >= 0.6 is 0 Å². The van der Waals surface area contributed by atoms with Crippen molar-refractivity contribution in [1.82, 2.24) is 9.71 Å². The summed E-state index contributed by atoms with van der Waals surface area (Å²) in [5.41, 5.74) is 4.03. The fourth-order valence-corrected chi connectivity index (χ4v) is 7.89. The smallest absolute Gasteiger partial charge is 0.411 e. The minimum absolute atomic E-state index is 0.00500. The Bertz CT molecular complexity index is 1810. The van der Waals surface area contributed by atoms with Gasteiger partial charge in [0, 0.05) is 39.8 Å². The molecule has 2 aliphatic rings. The summed E-state index contributed by atoms with van der Waals surface area (Å²) < 4.78 is 39.3. The van der Waals surface area contributed by atoms with Crippen molar-refractivity contribution in [2.45, 2.75) is 56.4 Å². The summed E-state index contributed by atoms with van der Waals surface area (Å²) in [5, 5.41) is 3.83. The first-order chi connectivity index (χ1) is 20.6. The molecule has 3 aromatic carbocycles. The van der Waals surface area contributed by atoms with Gasteiger partial charge in [0.1, 0.15) is 11.9 Å². The molecule has 3 N–H and O–H groups in total. The van der Waals surface area contributed by atoms with E-state index in [4.69, 9.17) is 9.47 Å². The van der Waals surface area contributed by atoms with Crippen molar-refractivity contribution >= 4 is 38.6 Å². The molecular formula is C33H35N3O6S. The lowest BCUT2D eigenvalue weighted by molar-refractivity contribution is 0.0755. The quantitative estimate of drug-likeness (QED) is 0.212. The van der Waals surface area contributed by atoms with Crippen LogP contribution in [0.4, 0.5) is 10.5 Å². The van der Waals surface area contributed by atoms with Gasteiger partial charge in [-0.25, -0.2) is 17.9 Å². The van der Waals surface area contributed by atoms with Crippen LogP contribution in [0.3, 0.4) is 0 Å². The van der Waals surface area contributed by atoms with Gasteiger partial charge < -0.3 is 14.5 Å². The maximum Gasteiger partial charge on any atom is 0.411 e. The zero-order valence-electron chi connectivity index (χ0n) is 24.3. The number of hydrogen-bond donors (Lipinski definition) is 3. The van der Waals surface area contributed by atoms with Crippen LogP contribution in [0, 0.1) is 18.8 Å². The van der Waals surface area contributed by atoms with Crippen LogP contribution in [0.15, 0.2) is 71.8 Å². The Labute approximate surface area is 251 Å². The van der Waals surface area contributed by atoms with Gasteiger partial charge in [-0.2, -0.15) is 0 Å². The summed E-state index contributed by atoms with van der Waals surface area (Å²) in [6.07, 6.45) is 6.00. The van der Waals surface area contributed by atoms with Crippen molar-refractivity contribution in [1.29, 1.82) is 0 Å². The number of sulfonamides is 1. The Hall–Kier alpha value is -4.31. The van der Waals surface area contributed by atoms with Crippen molar-refractivity contribution in [2.75, 3.05) is 12.4 Å². The molecule has 4 unspecified atom stereocenters. The molecule has 2 amide bonds.